The molecule has 1 heterocycles. The zero-order valence-corrected chi connectivity index (χ0v) is 7.93. The van der Waals surface area contributed by atoms with Crippen molar-refractivity contribution < 1.29 is 9.90 Å². The van der Waals surface area contributed by atoms with Gasteiger partial charge in [-0.3, -0.25) is 4.79 Å². The van der Waals surface area contributed by atoms with E-state index >= 15 is 0 Å². The molecule has 12 heavy (non-hydrogen) atoms. The van der Waals surface area contributed by atoms with Crippen molar-refractivity contribution in [3.63, 3.8) is 0 Å². The van der Waals surface area contributed by atoms with Gasteiger partial charge in [0.05, 0.1) is 6.42 Å². The van der Waals surface area contributed by atoms with Crippen LogP contribution in [0.3, 0.4) is 0 Å². The number of aliphatic carboxylic acids is 1. The molecule has 0 fully saturated rings. The molecule has 0 bridgehead atoms. The average Bonchev–Trinajstić information content (AvgIpc) is 2.05. The number of hydrogen-bond donors (Lipinski definition) is 1. The van der Waals surface area contributed by atoms with E-state index in [2.05, 4.69) is 4.31 Å². The molecule has 0 atom stereocenters. The SMILES string of the molecule is CSN1CC=C(CC(=O)O)CC1. The molecule has 0 aromatic carbocycles. The quantitative estimate of drug-likeness (QED) is 0.535. The molecule has 3 nitrogen and oxygen atoms in total. The Bertz CT molecular complexity index is 203. The molecule has 1 aliphatic heterocycles. The zero-order valence-electron chi connectivity index (χ0n) is 7.12. The molecular formula is C8H13NO2S. The molecule has 0 amide bonds. The molecule has 0 saturated heterocycles. The summed E-state index contributed by atoms with van der Waals surface area (Å²) in [5.74, 6) is -0.723. The largest absolute Gasteiger partial charge is 0.481 e. The first kappa shape index (κ1) is 9.61. The van der Waals surface area contributed by atoms with Crippen molar-refractivity contribution >= 4 is 17.9 Å². The van der Waals surface area contributed by atoms with Gasteiger partial charge in [-0.05, 0) is 12.7 Å². The maximum Gasteiger partial charge on any atom is 0.307 e. The van der Waals surface area contributed by atoms with Crippen LogP contribution < -0.4 is 0 Å². The van der Waals surface area contributed by atoms with Gasteiger partial charge in [0.25, 0.3) is 0 Å². The number of nitrogens with zero attached hydrogens (tertiary/aromatic N) is 1. The van der Waals surface area contributed by atoms with Gasteiger partial charge in [-0.2, -0.15) is 0 Å². The summed E-state index contributed by atoms with van der Waals surface area (Å²) in [6.07, 6.45) is 5.17. The Morgan fingerprint density at radius 3 is 3.00 bits per heavy atom. The zero-order chi connectivity index (χ0) is 8.97. The van der Waals surface area contributed by atoms with E-state index < -0.39 is 5.97 Å². The molecule has 0 saturated carbocycles. The monoisotopic (exact) mass is 187 g/mol. The van der Waals surface area contributed by atoms with Crippen molar-refractivity contribution in [1.82, 2.24) is 4.31 Å². The third-order valence-electron chi connectivity index (χ3n) is 1.90. The van der Waals surface area contributed by atoms with Crippen LogP contribution in [0.4, 0.5) is 0 Å². The maximum absolute atomic E-state index is 10.4. The van der Waals surface area contributed by atoms with Gasteiger partial charge in [0.1, 0.15) is 0 Å². The van der Waals surface area contributed by atoms with Gasteiger partial charge in [-0.25, -0.2) is 4.31 Å². The van der Waals surface area contributed by atoms with Gasteiger partial charge in [0.2, 0.25) is 0 Å². The summed E-state index contributed by atoms with van der Waals surface area (Å²) >= 11 is 1.71. The van der Waals surface area contributed by atoms with Crippen molar-refractivity contribution in [1.29, 1.82) is 0 Å². The number of carboxylic acid groups (broad SMARTS) is 1. The fourth-order valence-corrected chi connectivity index (χ4v) is 1.71. The highest BCUT2D eigenvalue weighted by atomic mass is 32.2. The molecule has 0 radical (unpaired) electrons. The van der Waals surface area contributed by atoms with Crippen molar-refractivity contribution in [3.8, 4) is 0 Å². The van der Waals surface area contributed by atoms with Crippen LogP contribution in [-0.2, 0) is 4.79 Å². The number of carbonyl (C=O) groups is 1. The Morgan fingerprint density at radius 2 is 2.58 bits per heavy atom. The lowest BCUT2D eigenvalue weighted by Crippen LogP contribution is -2.22. The topological polar surface area (TPSA) is 40.5 Å². The second kappa shape index (κ2) is 4.52. The predicted octanol–water partition coefficient (Wildman–Crippen LogP) is 1.37. The maximum atomic E-state index is 10.4. The van der Waals surface area contributed by atoms with Gasteiger partial charge in [0, 0.05) is 13.1 Å². The molecule has 0 unspecified atom stereocenters. The standard InChI is InChI=1S/C8H13NO2S/c1-12-9-4-2-7(3-5-9)6-8(10)11/h2H,3-6H2,1H3,(H,10,11). The van der Waals surface area contributed by atoms with E-state index in [9.17, 15) is 4.79 Å². The minimum Gasteiger partial charge on any atom is -0.481 e. The Morgan fingerprint density at radius 1 is 1.83 bits per heavy atom. The van der Waals surface area contributed by atoms with Crippen LogP contribution in [0.15, 0.2) is 11.6 Å². The first-order valence-electron chi connectivity index (χ1n) is 3.91. The molecule has 0 aromatic rings. The summed E-state index contributed by atoms with van der Waals surface area (Å²) in [5.41, 5.74) is 1.06. The highest BCUT2D eigenvalue weighted by Crippen LogP contribution is 2.17. The number of rotatable bonds is 3. The highest BCUT2D eigenvalue weighted by Gasteiger charge is 2.12. The summed E-state index contributed by atoms with van der Waals surface area (Å²) in [6.45, 7) is 1.85. The predicted molar refractivity (Wildman–Crippen MR) is 50.0 cm³/mol. The van der Waals surface area contributed by atoms with Gasteiger partial charge in [-0.15, -0.1) is 0 Å². The van der Waals surface area contributed by atoms with E-state index in [0.717, 1.165) is 25.1 Å². The minimum atomic E-state index is -0.723. The molecular weight excluding hydrogens is 174 g/mol. The first-order valence-corrected chi connectivity index (χ1v) is 5.09. The van der Waals surface area contributed by atoms with Gasteiger partial charge < -0.3 is 5.11 Å². The van der Waals surface area contributed by atoms with E-state index in [1.165, 1.54) is 0 Å². The fourth-order valence-electron chi connectivity index (χ4n) is 1.21. The van der Waals surface area contributed by atoms with Crippen LogP contribution in [-0.4, -0.2) is 34.7 Å². The second-order valence-corrected chi connectivity index (χ2v) is 3.63. The van der Waals surface area contributed by atoms with E-state index in [4.69, 9.17) is 5.11 Å². The van der Waals surface area contributed by atoms with Crippen LogP contribution in [0.2, 0.25) is 0 Å². The van der Waals surface area contributed by atoms with Gasteiger partial charge in [-0.1, -0.05) is 23.6 Å². The lowest BCUT2D eigenvalue weighted by atomic mass is 10.1. The van der Waals surface area contributed by atoms with E-state index in [1.807, 2.05) is 12.3 Å². The second-order valence-electron chi connectivity index (χ2n) is 2.75. The molecule has 0 aromatic heterocycles. The first-order chi connectivity index (χ1) is 5.72. The summed E-state index contributed by atoms with van der Waals surface area (Å²) < 4.78 is 2.21. The summed E-state index contributed by atoms with van der Waals surface area (Å²) in [7, 11) is 0. The molecule has 0 spiro atoms. The molecule has 1 N–H and O–H groups in total. The summed E-state index contributed by atoms with van der Waals surface area (Å²) in [4.78, 5) is 10.4. The average molecular weight is 187 g/mol. The highest BCUT2D eigenvalue weighted by molar-refractivity contribution is 7.96. The summed E-state index contributed by atoms with van der Waals surface area (Å²) in [5, 5.41) is 8.53. The van der Waals surface area contributed by atoms with Crippen molar-refractivity contribution in [3.05, 3.63) is 11.6 Å². The Hall–Kier alpha value is -0.480. The van der Waals surface area contributed by atoms with Crippen molar-refractivity contribution in [2.45, 2.75) is 12.8 Å². The van der Waals surface area contributed by atoms with Crippen molar-refractivity contribution in [2.75, 3.05) is 19.3 Å². The van der Waals surface area contributed by atoms with Crippen LogP contribution in [0, 0.1) is 0 Å². The van der Waals surface area contributed by atoms with Crippen LogP contribution in [0.1, 0.15) is 12.8 Å². The van der Waals surface area contributed by atoms with Crippen LogP contribution in [0.5, 0.6) is 0 Å². The molecule has 68 valence electrons. The fraction of sp³-hybridized carbons (Fsp3) is 0.625. The Labute approximate surface area is 76.6 Å². The Balaban J connectivity index is 2.39. The van der Waals surface area contributed by atoms with Crippen LogP contribution >= 0.6 is 11.9 Å². The van der Waals surface area contributed by atoms with Gasteiger partial charge in [0.15, 0.2) is 0 Å². The van der Waals surface area contributed by atoms with Crippen LogP contribution in [0.25, 0.3) is 0 Å². The lowest BCUT2D eigenvalue weighted by Gasteiger charge is -2.22. The third-order valence-corrected chi connectivity index (χ3v) is 2.75. The minimum absolute atomic E-state index is 0.211. The number of hydrogen-bond acceptors (Lipinski definition) is 3. The number of carboxylic acids is 1. The normalized spacial score (nSPS) is 18.9. The molecule has 1 aliphatic rings. The third kappa shape index (κ3) is 2.87. The van der Waals surface area contributed by atoms with Crippen molar-refractivity contribution in [2.24, 2.45) is 0 Å². The van der Waals surface area contributed by atoms with E-state index in [0.29, 0.717) is 0 Å². The smallest absolute Gasteiger partial charge is 0.307 e. The van der Waals surface area contributed by atoms with E-state index in [-0.39, 0.29) is 6.42 Å². The lowest BCUT2D eigenvalue weighted by molar-refractivity contribution is -0.136. The molecule has 4 heteroatoms. The van der Waals surface area contributed by atoms with E-state index in [1.54, 1.807) is 11.9 Å². The Kier molecular flexibility index (Phi) is 3.62. The van der Waals surface area contributed by atoms with Gasteiger partial charge >= 0.3 is 5.97 Å². The summed E-state index contributed by atoms with van der Waals surface area (Å²) in [6, 6.07) is 0. The molecule has 1 rings (SSSR count). The molecule has 0 aliphatic carbocycles.